The van der Waals surface area contributed by atoms with Gasteiger partial charge in [0.2, 0.25) is 10.0 Å². The molecule has 0 aliphatic heterocycles. The van der Waals surface area contributed by atoms with E-state index in [0.29, 0.717) is 12.1 Å². The Kier molecular flexibility index (Phi) is 4.57. The SMILES string of the molecule is CCOC1CC(NCc2ccc(S(N)(=O)=O)cc2)C1. The lowest BCUT2D eigenvalue weighted by Gasteiger charge is -2.35. The van der Waals surface area contributed by atoms with Gasteiger partial charge in [-0.3, -0.25) is 0 Å². The van der Waals surface area contributed by atoms with Gasteiger partial charge in [0.05, 0.1) is 11.0 Å². The van der Waals surface area contributed by atoms with Gasteiger partial charge in [-0.15, -0.1) is 0 Å². The zero-order valence-electron chi connectivity index (χ0n) is 11.0. The second kappa shape index (κ2) is 6.00. The molecule has 0 bridgehead atoms. The third-order valence-corrected chi connectivity index (χ3v) is 4.27. The van der Waals surface area contributed by atoms with Gasteiger partial charge in [0.25, 0.3) is 0 Å². The first-order valence-corrected chi connectivity index (χ1v) is 8.00. The van der Waals surface area contributed by atoms with E-state index in [0.717, 1.165) is 31.6 Å². The highest BCUT2D eigenvalue weighted by atomic mass is 32.2. The van der Waals surface area contributed by atoms with Crippen LogP contribution >= 0.6 is 0 Å². The molecular weight excluding hydrogens is 264 g/mol. The zero-order chi connectivity index (χ0) is 13.9. The topological polar surface area (TPSA) is 81.4 Å². The minimum atomic E-state index is -3.59. The van der Waals surface area contributed by atoms with Crippen molar-refractivity contribution in [3.63, 3.8) is 0 Å². The number of nitrogens with two attached hydrogens (primary N) is 1. The Morgan fingerprint density at radius 2 is 1.95 bits per heavy atom. The quantitative estimate of drug-likeness (QED) is 0.816. The van der Waals surface area contributed by atoms with Crippen molar-refractivity contribution in [3.05, 3.63) is 29.8 Å². The first-order chi connectivity index (χ1) is 8.99. The number of rotatable bonds is 6. The van der Waals surface area contributed by atoms with Gasteiger partial charge in [0, 0.05) is 19.2 Å². The number of primary sulfonamides is 1. The summed E-state index contributed by atoms with van der Waals surface area (Å²) >= 11 is 0. The van der Waals surface area contributed by atoms with Gasteiger partial charge >= 0.3 is 0 Å². The first kappa shape index (κ1) is 14.5. The Bertz CT molecular complexity index is 507. The fourth-order valence-electron chi connectivity index (χ4n) is 2.16. The molecule has 0 radical (unpaired) electrons. The highest BCUT2D eigenvalue weighted by Gasteiger charge is 2.28. The third-order valence-electron chi connectivity index (χ3n) is 3.34. The van der Waals surface area contributed by atoms with Crippen molar-refractivity contribution in [2.24, 2.45) is 5.14 Å². The van der Waals surface area contributed by atoms with Crippen LogP contribution in [0, 0.1) is 0 Å². The van der Waals surface area contributed by atoms with Gasteiger partial charge in [-0.1, -0.05) is 12.1 Å². The number of sulfonamides is 1. The predicted octanol–water partition coefficient (Wildman–Crippen LogP) is 0.991. The molecule has 0 heterocycles. The lowest BCUT2D eigenvalue weighted by atomic mass is 9.89. The monoisotopic (exact) mass is 284 g/mol. The number of nitrogens with one attached hydrogen (secondary N) is 1. The normalized spacial score (nSPS) is 23.1. The summed E-state index contributed by atoms with van der Waals surface area (Å²) in [7, 11) is -3.59. The van der Waals surface area contributed by atoms with Crippen LogP contribution in [0.2, 0.25) is 0 Å². The summed E-state index contributed by atoms with van der Waals surface area (Å²) in [6.45, 7) is 3.51. The van der Waals surface area contributed by atoms with Gasteiger partial charge in [0.15, 0.2) is 0 Å². The van der Waals surface area contributed by atoms with Crippen LogP contribution in [0.3, 0.4) is 0 Å². The maximum absolute atomic E-state index is 11.1. The van der Waals surface area contributed by atoms with E-state index in [1.54, 1.807) is 12.1 Å². The standard InChI is InChI=1S/C13H20N2O3S/c1-2-18-12-7-11(8-12)15-9-10-3-5-13(6-4-10)19(14,16)17/h3-6,11-12,15H,2,7-9H2,1H3,(H2,14,16,17). The molecule has 1 aliphatic rings. The Hall–Kier alpha value is -0.950. The molecule has 0 amide bonds. The highest BCUT2D eigenvalue weighted by Crippen LogP contribution is 2.23. The smallest absolute Gasteiger partial charge is 0.238 e. The van der Waals surface area contributed by atoms with E-state index in [1.807, 2.05) is 6.92 Å². The molecule has 0 unspecified atom stereocenters. The fourth-order valence-corrected chi connectivity index (χ4v) is 2.68. The second-order valence-corrected chi connectivity index (χ2v) is 6.38. The summed E-state index contributed by atoms with van der Waals surface area (Å²) in [5.74, 6) is 0. The first-order valence-electron chi connectivity index (χ1n) is 6.45. The molecule has 19 heavy (non-hydrogen) atoms. The largest absolute Gasteiger partial charge is 0.378 e. The molecule has 106 valence electrons. The van der Waals surface area contributed by atoms with Crippen LogP contribution in [0.25, 0.3) is 0 Å². The van der Waals surface area contributed by atoms with E-state index in [4.69, 9.17) is 9.88 Å². The fraction of sp³-hybridized carbons (Fsp3) is 0.538. The lowest BCUT2D eigenvalue weighted by Crippen LogP contribution is -2.45. The molecule has 0 saturated heterocycles. The average molecular weight is 284 g/mol. The van der Waals surface area contributed by atoms with Crippen LogP contribution in [-0.4, -0.2) is 27.2 Å². The maximum atomic E-state index is 11.1. The molecule has 0 spiro atoms. The van der Waals surface area contributed by atoms with E-state index in [-0.39, 0.29) is 4.90 Å². The van der Waals surface area contributed by atoms with Gasteiger partial charge in [-0.05, 0) is 37.5 Å². The van der Waals surface area contributed by atoms with Crippen molar-refractivity contribution in [1.82, 2.24) is 5.32 Å². The van der Waals surface area contributed by atoms with Crippen LogP contribution < -0.4 is 10.5 Å². The average Bonchev–Trinajstić information content (AvgIpc) is 2.31. The highest BCUT2D eigenvalue weighted by molar-refractivity contribution is 7.89. The predicted molar refractivity (Wildman–Crippen MR) is 73.1 cm³/mol. The van der Waals surface area contributed by atoms with Crippen molar-refractivity contribution in [2.45, 2.75) is 43.4 Å². The number of ether oxygens (including phenoxy) is 1. The van der Waals surface area contributed by atoms with Gasteiger partial charge in [0.1, 0.15) is 0 Å². The minimum absolute atomic E-state index is 0.149. The Morgan fingerprint density at radius 3 is 2.47 bits per heavy atom. The summed E-state index contributed by atoms with van der Waals surface area (Å²) in [6, 6.07) is 7.14. The summed E-state index contributed by atoms with van der Waals surface area (Å²) in [5, 5.41) is 8.47. The van der Waals surface area contributed by atoms with Crippen molar-refractivity contribution in [1.29, 1.82) is 0 Å². The number of benzene rings is 1. The van der Waals surface area contributed by atoms with Gasteiger partial charge in [-0.2, -0.15) is 0 Å². The van der Waals surface area contributed by atoms with Crippen molar-refractivity contribution in [3.8, 4) is 0 Å². The van der Waals surface area contributed by atoms with Crippen LogP contribution in [0.15, 0.2) is 29.2 Å². The molecule has 0 aromatic heterocycles. The molecular formula is C13H20N2O3S. The Labute approximate surface area is 114 Å². The molecule has 1 fully saturated rings. The maximum Gasteiger partial charge on any atom is 0.238 e. The molecule has 2 rings (SSSR count). The molecule has 6 heteroatoms. The summed E-state index contributed by atoms with van der Waals surface area (Å²) in [6.07, 6.45) is 2.49. The lowest BCUT2D eigenvalue weighted by molar-refractivity contribution is -0.0102. The van der Waals surface area contributed by atoms with Crippen LogP contribution in [0.1, 0.15) is 25.3 Å². The Morgan fingerprint density at radius 1 is 1.32 bits per heavy atom. The van der Waals surface area contributed by atoms with Crippen LogP contribution in [0.5, 0.6) is 0 Å². The Balaban J connectivity index is 1.79. The molecule has 1 aromatic rings. The van der Waals surface area contributed by atoms with Gasteiger partial charge < -0.3 is 10.1 Å². The summed E-state index contributed by atoms with van der Waals surface area (Å²) in [4.78, 5) is 0.149. The van der Waals surface area contributed by atoms with Crippen LogP contribution in [0.4, 0.5) is 0 Å². The summed E-state index contributed by atoms with van der Waals surface area (Å²) in [5.41, 5.74) is 1.05. The van der Waals surface area contributed by atoms with E-state index >= 15 is 0 Å². The third kappa shape index (κ3) is 4.01. The molecule has 5 nitrogen and oxygen atoms in total. The van der Waals surface area contributed by atoms with Crippen LogP contribution in [-0.2, 0) is 21.3 Å². The number of hydrogen-bond acceptors (Lipinski definition) is 4. The van der Waals surface area contributed by atoms with Crippen molar-refractivity contribution < 1.29 is 13.2 Å². The molecule has 1 aliphatic carbocycles. The van der Waals surface area contributed by atoms with Crippen molar-refractivity contribution in [2.75, 3.05) is 6.61 Å². The summed E-state index contributed by atoms with van der Waals surface area (Å²) < 4.78 is 27.7. The van der Waals surface area contributed by atoms with E-state index in [2.05, 4.69) is 5.32 Å². The van der Waals surface area contributed by atoms with Gasteiger partial charge in [-0.25, -0.2) is 13.6 Å². The molecule has 3 N–H and O–H groups in total. The van der Waals surface area contributed by atoms with E-state index in [9.17, 15) is 8.42 Å². The molecule has 1 aromatic carbocycles. The zero-order valence-corrected chi connectivity index (χ0v) is 11.8. The second-order valence-electron chi connectivity index (χ2n) is 4.82. The number of hydrogen-bond donors (Lipinski definition) is 2. The van der Waals surface area contributed by atoms with Crippen molar-refractivity contribution >= 4 is 10.0 Å². The molecule has 0 atom stereocenters. The van der Waals surface area contributed by atoms with E-state index in [1.165, 1.54) is 12.1 Å². The van der Waals surface area contributed by atoms with E-state index < -0.39 is 10.0 Å². The minimum Gasteiger partial charge on any atom is -0.378 e. The molecule has 1 saturated carbocycles.